The first-order valence-electron chi connectivity index (χ1n) is 6.66. The van der Waals surface area contributed by atoms with Gasteiger partial charge in [0.1, 0.15) is 0 Å². The van der Waals surface area contributed by atoms with Crippen molar-refractivity contribution in [3.05, 3.63) is 22.4 Å². The summed E-state index contributed by atoms with van der Waals surface area (Å²) in [4.78, 5) is 17.1. The normalized spacial score (nSPS) is 23.3. The van der Waals surface area contributed by atoms with E-state index in [1.807, 2.05) is 30.4 Å². The highest BCUT2D eigenvalue weighted by Gasteiger charge is 2.38. The van der Waals surface area contributed by atoms with Gasteiger partial charge in [0.05, 0.1) is 12.1 Å². The molecule has 1 aromatic rings. The van der Waals surface area contributed by atoms with Crippen molar-refractivity contribution in [3.8, 4) is 0 Å². The zero-order valence-corrected chi connectivity index (χ0v) is 12.4. The lowest BCUT2D eigenvalue weighted by Gasteiger charge is -2.26. The molecular weight excluding hydrogens is 260 g/mol. The topological polar surface area (TPSA) is 43.8 Å². The highest BCUT2D eigenvalue weighted by Crippen LogP contribution is 2.23. The Bertz CT molecular complexity index is 419. The molecule has 4 nitrogen and oxygen atoms in total. The number of likely N-dealkylation sites (tertiary alicyclic amines) is 1. The molecule has 5 heteroatoms. The summed E-state index contributed by atoms with van der Waals surface area (Å²) in [6.07, 6.45) is 2.02. The van der Waals surface area contributed by atoms with Crippen LogP contribution in [0.15, 0.2) is 17.5 Å². The van der Waals surface area contributed by atoms with E-state index in [1.165, 1.54) is 4.88 Å². The first-order valence-corrected chi connectivity index (χ1v) is 7.54. The van der Waals surface area contributed by atoms with E-state index in [-0.39, 0.29) is 5.91 Å². The van der Waals surface area contributed by atoms with Crippen molar-refractivity contribution >= 4 is 17.2 Å². The molecule has 0 bridgehead atoms. The number of aliphatic hydroxyl groups is 1. The van der Waals surface area contributed by atoms with Gasteiger partial charge in [-0.1, -0.05) is 6.07 Å². The van der Waals surface area contributed by atoms with Crippen LogP contribution in [0.3, 0.4) is 0 Å². The third-order valence-electron chi connectivity index (χ3n) is 3.46. The van der Waals surface area contributed by atoms with Gasteiger partial charge in [0, 0.05) is 24.4 Å². The Morgan fingerprint density at radius 1 is 1.58 bits per heavy atom. The zero-order valence-electron chi connectivity index (χ0n) is 11.6. The van der Waals surface area contributed by atoms with E-state index in [1.54, 1.807) is 16.2 Å². The third kappa shape index (κ3) is 4.03. The van der Waals surface area contributed by atoms with Crippen molar-refractivity contribution in [2.75, 3.05) is 33.7 Å². The summed E-state index contributed by atoms with van der Waals surface area (Å²) in [5, 5.41) is 12.4. The van der Waals surface area contributed by atoms with E-state index >= 15 is 0 Å². The highest BCUT2D eigenvalue weighted by molar-refractivity contribution is 7.09. The van der Waals surface area contributed by atoms with Crippen molar-refractivity contribution in [1.82, 2.24) is 9.80 Å². The van der Waals surface area contributed by atoms with Gasteiger partial charge in [0.2, 0.25) is 5.91 Å². The number of aryl methyl sites for hydroxylation is 1. The van der Waals surface area contributed by atoms with Crippen molar-refractivity contribution < 1.29 is 9.90 Å². The average molecular weight is 282 g/mol. The second-order valence-corrected chi connectivity index (χ2v) is 6.64. The van der Waals surface area contributed by atoms with E-state index in [2.05, 4.69) is 6.07 Å². The number of likely N-dealkylation sites (N-methyl/N-ethyl adjacent to an activating group) is 1. The fourth-order valence-electron chi connectivity index (χ4n) is 2.63. The molecule has 1 atom stereocenters. The van der Waals surface area contributed by atoms with Gasteiger partial charge in [-0.05, 0) is 38.4 Å². The molecule has 0 aromatic carbocycles. The molecule has 2 rings (SSSR count). The molecule has 1 fully saturated rings. The molecular formula is C14H22N2O2S. The standard InChI is InChI=1S/C14H22N2O2S/c1-15(2)10-14(18)7-8-16(11-14)13(17)6-5-12-4-3-9-19-12/h3-4,9,18H,5-8,10-11H2,1-2H3/t14-/m0/s1. The Hall–Kier alpha value is -0.910. The van der Waals surface area contributed by atoms with E-state index in [0.717, 1.165) is 6.42 Å². The van der Waals surface area contributed by atoms with Crippen molar-refractivity contribution in [1.29, 1.82) is 0 Å². The lowest BCUT2D eigenvalue weighted by atomic mass is 10.0. The summed E-state index contributed by atoms with van der Waals surface area (Å²) in [6.45, 7) is 1.75. The summed E-state index contributed by atoms with van der Waals surface area (Å²) in [7, 11) is 3.89. The molecule has 0 spiro atoms. The monoisotopic (exact) mass is 282 g/mol. The number of nitrogens with zero attached hydrogens (tertiary/aromatic N) is 2. The van der Waals surface area contributed by atoms with Gasteiger partial charge < -0.3 is 14.9 Å². The minimum Gasteiger partial charge on any atom is -0.387 e. The number of amides is 1. The minimum atomic E-state index is -0.734. The summed E-state index contributed by atoms with van der Waals surface area (Å²) < 4.78 is 0. The maximum absolute atomic E-state index is 12.1. The fourth-order valence-corrected chi connectivity index (χ4v) is 3.34. The lowest BCUT2D eigenvalue weighted by molar-refractivity contribution is -0.131. The van der Waals surface area contributed by atoms with Crippen LogP contribution in [0.5, 0.6) is 0 Å². The van der Waals surface area contributed by atoms with Gasteiger partial charge in [-0.3, -0.25) is 4.79 Å². The number of hydrogen-bond acceptors (Lipinski definition) is 4. The van der Waals surface area contributed by atoms with Crippen LogP contribution >= 0.6 is 11.3 Å². The molecule has 106 valence electrons. The van der Waals surface area contributed by atoms with Crippen LogP contribution in [0, 0.1) is 0 Å². The Balaban J connectivity index is 1.81. The van der Waals surface area contributed by atoms with Gasteiger partial charge in [0.15, 0.2) is 0 Å². The molecule has 0 radical (unpaired) electrons. The fraction of sp³-hybridized carbons (Fsp3) is 0.643. The predicted octanol–water partition coefficient (Wildman–Crippen LogP) is 1.21. The van der Waals surface area contributed by atoms with Crippen molar-refractivity contribution in [2.24, 2.45) is 0 Å². The van der Waals surface area contributed by atoms with Gasteiger partial charge in [-0.2, -0.15) is 0 Å². The first kappa shape index (κ1) is 14.5. The van der Waals surface area contributed by atoms with E-state index in [0.29, 0.717) is 32.5 Å². The van der Waals surface area contributed by atoms with Crippen LogP contribution in [0.25, 0.3) is 0 Å². The summed E-state index contributed by atoms with van der Waals surface area (Å²) in [5.74, 6) is 0.156. The van der Waals surface area contributed by atoms with Crippen LogP contribution in [0.2, 0.25) is 0 Å². The van der Waals surface area contributed by atoms with Crippen LogP contribution in [-0.4, -0.2) is 60.1 Å². The van der Waals surface area contributed by atoms with Gasteiger partial charge in [-0.15, -0.1) is 11.3 Å². The average Bonchev–Trinajstić information content (AvgIpc) is 2.94. The molecule has 0 unspecified atom stereocenters. The molecule has 19 heavy (non-hydrogen) atoms. The predicted molar refractivity (Wildman–Crippen MR) is 77.3 cm³/mol. The first-order chi connectivity index (χ1) is 8.98. The molecule has 1 aliphatic heterocycles. The second kappa shape index (κ2) is 6.03. The molecule has 1 aromatic heterocycles. The van der Waals surface area contributed by atoms with Gasteiger partial charge in [0.25, 0.3) is 0 Å². The Morgan fingerprint density at radius 2 is 2.37 bits per heavy atom. The summed E-state index contributed by atoms with van der Waals surface area (Å²) >= 11 is 1.69. The summed E-state index contributed by atoms with van der Waals surface area (Å²) in [6, 6.07) is 4.07. The molecule has 1 amide bonds. The molecule has 0 aliphatic carbocycles. The SMILES string of the molecule is CN(C)C[C@@]1(O)CCN(C(=O)CCc2cccs2)C1. The maximum Gasteiger partial charge on any atom is 0.223 e. The van der Waals surface area contributed by atoms with E-state index < -0.39 is 5.60 Å². The Morgan fingerprint density at radius 3 is 3.00 bits per heavy atom. The molecule has 1 aliphatic rings. The van der Waals surface area contributed by atoms with Crippen molar-refractivity contribution in [2.45, 2.75) is 24.9 Å². The molecule has 1 saturated heterocycles. The third-order valence-corrected chi connectivity index (χ3v) is 4.40. The number of hydrogen-bond donors (Lipinski definition) is 1. The largest absolute Gasteiger partial charge is 0.387 e. The van der Waals surface area contributed by atoms with E-state index in [9.17, 15) is 9.90 Å². The number of β-amino-alcohol motifs (C(OH)–C–C–N with tert-alkyl or cyclic N) is 1. The molecule has 2 heterocycles. The molecule has 1 N–H and O–H groups in total. The van der Waals surface area contributed by atoms with Crippen LogP contribution in [0.1, 0.15) is 17.7 Å². The quantitative estimate of drug-likeness (QED) is 0.883. The highest BCUT2D eigenvalue weighted by atomic mass is 32.1. The zero-order chi connectivity index (χ0) is 13.9. The maximum atomic E-state index is 12.1. The number of thiophene rings is 1. The number of carbonyl (C=O) groups excluding carboxylic acids is 1. The van der Waals surface area contributed by atoms with Crippen LogP contribution < -0.4 is 0 Å². The lowest BCUT2D eigenvalue weighted by Crippen LogP contribution is -2.43. The molecule has 0 saturated carbocycles. The van der Waals surface area contributed by atoms with Gasteiger partial charge >= 0.3 is 0 Å². The Labute approximate surface area is 118 Å². The van der Waals surface area contributed by atoms with E-state index in [4.69, 9.17) is 0 Å². The number of rotatable bonds is 5. The van der Waals surface area contributed by atoms with Crippen LogP contribution in [-0.2, 0) is 11.2 Å². The summed E-state index contributed by atoms with van der Waals surface area (Å²) in [5.41, 5.74) is -0.734. The van der Waals surface area contributed by atoms with Gasteiger partial charge in [-0.25, -0.2) is 0 Å². The minimum absolute atomic E-state index is 0.156. The second-order valence-electron chi connectivity index (χ2n) is 5.61. The Kier molecular flexibility index (Phi) is 4.60. The number of carbonyl (C=O) groups is 1. The van der Waals surface area contributed by atoms with Crippen LogP contribution in [0.4, 0.5) is 0 Å². The van der Waals surface area contributed by atoms with Crippen molar-refractivity contribution in [3.63, 3.8) is 0 Å². The smallest absolute Gasteiger partial charge is 0.223 e.